The first kappa shape index (κ1) is 31.3. The van der Waals surface area contributed by atoms with Crippen molar-refractivity contribution in [1.29, 1.82) is 0 Å². The van der Waals surface area contributed by atoms with E-state index < -0.39 is 5.60 Å². The van der Waals surface area contributed by atoms with Crippen molar-refractivity contribution >= 4 is 22.7 Å². The summed E-state index contributed by atoms with van der Waals surface area (Å²) < 4.78 is 0. The van der Waals surface area contributed by atoms with Crippen molar-refractivity contribution in [2.24, 2.45) is 0 Å². The van der Waals surface area contributed by atoms with Gasteiger partial charge in [0.1, 0.15) is 5.60 Å². The molecule has 0 radical (unpaired) electrons. The van der Waals surface area contributed by atoms with E-state index in [1.807, 2.05) is 0 Å². The molecule has 4 aliphatic heterocycles. The van der Waals surface area contributed by atoms with Crippen molar-refractivity contribution in [2.75, 3.05) is 32.9 Å². The zero-order valence-electron chi connectivity index (χ0n) is 30.5. The van der Waals surface area contributed by atoms with Crippen LogP contribution in [-0.2, 0) is 24.1 Å². The minimum absolute atomic E-state index is 0.00586. The second-order valence-electron chi connectivity index (χ2n) is 16.5. The molecule has 0 unspecified atom stereocenters. The Balaban J connectivity index is 1.37. The molecule has 5 aromatic rings. The van der Waals surface area contributed by atoms with Crippen LogP contribution in [0.2, 0.25) is 0 Å². The van der Waals surface area contributed by atoms with Gasteiger partial charge in [0.2, 0.25) is 0 Å². The molecule has 5 heteroatoms. The Kier molecular flexibility index (Phi) is 6.80. The number of fused-ring (bicyclic) bond motifs is 12. The lowest BCUT2D eigenvalue weighted by Crippen LogP contribution is -2.61. The summed E-state index contributed by atoms with van der Waals surface area (Å²) in [5.41, 5.74) is 15.6. The molecule has 4 bridgehead atoms. The molecule has 0 saturated heterocycles. The predicted octanol–water partition coefficient (Wildman–Crippen LogP) is 9.48. The van der Waals surface area contributed by atoms with Crippen LogP contribution in [0.4, 0.5) is 22.7 Å². The monoisotopic (exact) mass is 660 g/mol. The highest BCUT2D eigenvalue weighted by molar-refractivity contribution is 5.75. The molecule has 9 rings (SSSR count). The summed E-state index contributed by atoms with van der Waals surface area (Å²) in [6, 6.07) is 35.7. The third-order valence-corrected chi connectivity index (χ3v) is 11.8. The van der Waals surface area contributed by atoms with Gasteiger partial charge < -0.3 is 24.7 Å². The summed E-state index contributed by atoms with van der Waals surface area (Å²) in [4.78, 5) is 10.0. The highest BCUT2D eigenvalue weighted by Gasteiger charge is 2.57. The molecule has 0 saturated carbocycles. The van der Waals surface area contributed by atoms with Crippen molar-refractivity contribution < 1.29 is 5.11 Å². The van der Waals surface area contributed by atoms with Gasteiger partial charge >= 0.3 is 0 Å². The number of anilines is 4. The Morgan fingerprint density at radius 2 is 0.880 bits per heavy atom. The van der Waals surface area contributed by atoms with E-state index in [2.05, 4.69) is 165 Å². The average Bonchev–Trinajstić information content (AvgIpc) is 3.07. The van der Waals surface area contributed by atoms with Crippen molar-refractivity contribution in [3.8, 4) is 0 Å². The number of aliphatic hydroxyl groups is 1. The SMILES string of the molecule is Cc1ccc2c(c1)CN1CN2[C@H](C(O)(c2ccc(C(C)(C)C)cc2)[C@@H]2c3cc(C)ccc3N3Cc4cc(C)ccc4N2C3)c2cc(C)ccc21. The first-order valence-electron chi connectivity index (χ1n) is 18.2. The minimum Gasteiger partial charge on any atom is -0.380 e. The normalized spacial score (nSPS) is 19.1. The maximum atomic E-state index is 14.6. The molecule has 50 heavy (non-hydrogen) atoms. The molecule has 2 atom stereocenters. The zero-order valence-corrected chi connectivity index (χ0v) is 30.5. The van der Waals surface area contributed by atoms with Gasteiger partial charge in [-0.3, -0.25) is 0 Å². The standard InChI is InChI=1S/C45H48N4O/c1-28-8-16-38-32(20-28)24-46-26-48(38)42(36-22-30(3)10-18-40(36)46)45(50,35-14-12-34(13-15-35)44(5,6)7)43-37-23-31(4)11-19-41(37)47-25-33-21-29(2)9-17-39(33)49(43)27-47/h8-23,42-43,50H,24-27H2,1-7H3/t42-,43-/m0/s1. The highest BCUT2D eigenvalue weighted by Crippen LogP contribution is 2.60. The van der Waals surface area contributed by atoms with E-state index in [0.717, 1.165) is 18.7 Å². The predicted molar refractivity (Wildman–Crippen MR) is 206 cm³/mol. The molecule has 0 aliphatic carbocycles. The van der Waals surface area contributed by atoms with Crippen molar-refractivity contribution in [2.45, 2.75) is 84.7 Å². The van der Waals surface area contributed by atoms with Gasteiger partial charge in [0.15, 0.2) is 0 Å². The first-order chi connectivity index (χ1) is 23.9. The fourth-order valence-electron chi connectivity index (χ4n) is 9.39. The fourth-order valence-corrected chi connectivity index (χ4v) is 9.39. The van der Waals surface area contributed by atoms with Crippen LogP contribution >= 0.6 is 0 Å². The second-order valence-corrected chi connectivity index (χ2v) is 16.5. The third-order valence-electron chi connectivity index (χ3n) is 11.8. The van der Waals surface area contributed by atoms with Crippen LogP contribution in [0, 0.1) is 27.7 Å². The van der Waals surface area contributed by atoms with Gasteiger partial charge in [-0.2, -0.15) is 0 Å². The lowest BCUT2D eigenvalue weighted by atomic mass is 9.69. The van der Waals surface area contributed by atoms with Crippen molar-refractivity contribution in [1.82, 2.24) is 0 Å². The molecular weight excluding hydrogens is 613 g/mol. The number of nitrogens with zero attached hydrogens (tertiary/aromatic N) is 4. The smallest absolute Gasteiger partial charge is 0.139 e. The van der Waals surface area contributed by atoms with E-state index in [4.69, 9.17) is 0 Å². The molecule has 5 aromatic carbocycles. The summed E-state index contributed by atoms with van der Waals surface area (Å²) in [6.45, 7) is 18.7. The van der Waals surface area contributed by atoms with Crippen molar-refractivity contribution in [3.63, 3.8) is 0 Å². The van der Waals surface area contributed by atoms with Crippen LogP contribution in [0.5, 0.6) is 0 Å². The number of rotatable bonds is 3. The lowest BCUT2D eigenvalue weighted by Gasteiger charge is -2.59. The van der Waals surface area contributed by atoms with Crippen LogP contribution in [0.15, 0.2) is 97.1 Å². The van der Waals surface area contributed by atoms with Crippen LogP contribution < -0.4 is 19.6 Å². The van der Waals surface area contributed by atoms with E-state index in [-0.39, 0.29) is 17.5 Å². The Bertz CT molecular complexity index is 2040. The lowest BCUT2D eigenvalue weighted by molar-refractivity contribution is -0.0263. The van der Waals surface area contributed by atoms with E-state index >= 15 is 0 Å². The summed E-state index contributed by atoms with van der Waals surface area (Å²) in [5.74, 6) is 0. The van der Waals surface area contributed by atoms with Crippen molar-refractivity contribution in [3.05, 3.63) is 153 Å². The number of hydrogen-bond donors (Lipinski definition) is 1. The van der Waals surface area contributed by atoms with Gasteiger partial charge in [-0.1, -0.05) is 116 Å². The Hall–Kier alpha value is -4.74. The number of aryl methyl sites for hydroxylation is 4. The van der Waals surface area contributed by atoms with Gasteiger partial charge in [-0.15, -0.1) is 0 Å². The van der Waals surface area contributed by atoms with E-state index in [0.29, 0.717) is 13.3 Å². The van der Waals surface area contributed by atoms with E-state index in [1.165, 1.54) is 72.8 Å². The maximum absolute atomic E-state index is 14.6. The largest absolute Gasteiger partial charge is 0.380 e. The molecular formula is C45H48N4O. The van der Waals surface area contributed by atoms with Crippen LogP contribution in [0.3, 0.4) is 0 Å². The second kappa shape index (κ2) is 10.9. The maximum Gasteiger partial charge on any atom is 0.139 e. The quantitative estimate of drug-likeness (QED) is 0.209. The molecule has 1 N–H and O–H groups in total. The topological polar surface area (TPSA) is 33.2 Å². The van der Waals surface area contributed by atoms with Gasteiger partial charge in [-0.05, 0) is 79.6 Å². The van der Waals surface area contributed by atoms with Gasteiger partial charge in [0.05, 0.1) is 25.4 Å². The third kappa shape index (κ3) is 4.62. The summed E-state index contributed by atoms with van der Waals surface area (Å²) >= 11 is 0. The molecule has 0 spiro atoms. The van der Waals surface area contributed by atoms with Gasteiger partial charge in [0, 0.05) is 47.0 Å². The molecule has 4 heterocycles. The average molecular weight is 661 g/mol. The first-order valence-corrected chi connectivity index (χ1v) is 18.2. The molecule has 5 nitrogen and oxygen atoms in total. The molecule has 0 amide bonds. The minimum atomic E-state index is -1.36. The molecule has 254 valence electrons. The van der Waals surface area contributed by atoms with Gasteiger partial charge in [0.25, 0.3) is 0 Å². The van der Waals surface area contributed by atoms with Crippen LogP contribution in [0.25, 0.3) is 0 Å². The Labute approximate surface area is 297 Å². The number of benzene rings is 5. The summed E-state index contributed by atoms with van der Waals surface area (Å²) in [5, 5.41) is 14.6. The fraction of sp³-hybridized carbons (Fsp3) is 0.333. The summed E-state index contributed by atoms with van der Waals surface area (Å²) in [7, 11) is 0. The highest BCUT2D eigenvalue weighted by atomic mass is 16.3. The van der Waals surface area contributed by atoms with E-state index in [9.17, 15) is 5.11 Å². The zero-order chi connectivity index (χ0) is 34.7. The van der Waals surface area contributed by atoms with Gasteiger partial charge in [-0.25, -0.2) is 0 Å². The summed E-state index contributed by atoms with van der Waals surface area (Å²) in [6.07, 6.45) is 0. The van der Waals surface area contributed by atoms with Crippen LogP contribution in [-0.4, -0.2) is 18.4 Å². The van der Waals surface area contributed by atoms with E-state index in [1.54, 1.807) is 0 Å². The molecule has 4 aliphatic rings. The number of hydrogen-bond acceptors (Lipinski definition) is 5. The molecule has 0 aromatic heterocycles. The Morgan fingerprint density at radius 1 is 0.500 bits per heavy atom. The molecule has 0 fully saturated rings. The Morgan fingerprint density at radius 3 is 1.30 bits per heavy atom. The van der Waals surface area contributed by atoms with Crippen LogP contribution in [0.1, 0.15) is 88.5 Å².